The van der Waals surface area contributed by atoms with Gasteiger partial charge in [-0.25, -0.2) is 19.8 Å². The Hall–Kier alpha value is -3.62. The molecule has 0 saturated carbocycles. The zero-order valence-corrected chi connectivity index (χ0v) is 19.8. The molecule has 0 aliphatic carbocycles. The van der Waals surface area contributed by atoms with Crippen LogP contribution in [0.4, 0.5) is 0 Å². The fourth-order valence-corrected chi connectivity index (χ4v) is 4.02. The van der Waals surface area contributed by atoms with E-state index in [2.05, 4.69) is 34.9 Å². The number of thiol groups is 1. The lowest BCUT2D eigenvalue weighted by molar-refractivity contribution is -0.177. The Morgan fingerprint density at radius 2 is 1.80 bits per heavy atom. The molecule has 1 aliphatic heterocycles. The second kappa shape index (κ2) is 11.2. The van der Waals surface area contributed by atoms with Gasteiger partial charge in [0.1, 0.15) is 18.3 Å². The first-order chi connectivity index (χ1) is 16.5. The minimum atomic E-state index is -2.74. The summed E-state index contributed by atoms with van der Waals surface area (Å²) >= 11 is 3.65. The van der Waals surface area contributed by atoms with Crippen LogP contribution in [0.15, 0.2) is 42.5 Å². The van der Waals surface area contributed by atoms with Crippen molar-refractivity contribution >= 4 is 42.5 Å². The molecular weight excluding hydrogens is 484 g/mol. The number of likely N-dealkylation sites (tertiary alicyclic amines) is 1. The lowest BCUT2D eigenvalue weighted by Gasteiger charge is -2.59. The first kappa shape index (κ1) is 27.6. The van der Waals surface area contributed by atoms with E-state index in [0.717, 1.165) is 12.0 Å². The van der Waals surface area contributed by atoms with Gasteiger partial charge in [0.05, 0.1) is 12.6 Å². The number of esters is 1. The van der Waals surface area contributed by atoms with E-state index < -0.39 is 66.4 Å². The van der Waals surface area contributed by atoms with E-state index in [1.165, 1.54) is 6.92 Å². The third-order valence-electron chi connectivity index (χ3n) is 5.68. The van der Waals surface area contributed by atoms with Crippen molar-refractivity contribution in [1.82, 2.24) is 20.5 Å². The van der Waals surface area contributed by atoms with Crippen LogP contribution >= 0.6 is 12.8 Å². The second-order valence-electron chi connectivity index (χ2n) is 7.74. The first-order valence-corrected chi connectivity index (χ1v) is 10.6. The molecular formula is C21H26N4O9S. The van der Waals surface area contributed by atoms with E-state index in [9.17, 15) is 34.2 Å². The molecule has 0 bridgehead atoms. The summed E-state index contributed by atoms with van der Waals surface area (Å²) in [5.41, 5.74) is -2.35. The highest BCUT2D eigenvalue weighted by atomic mass is 32.1. The minimum absolute atomic E-state index is 0.114. The molecule has 14 heteroatoms. The van der Waals surface area contributed by atoms with Gasteiger partial charge in [0, 0.05) is 6.42 Å². The van der Waals surface area contributed by atoms with Crippen molar-refractivity contribution in [2.45, 2.75) is 30.5 Å². The van der Waals surface area contributed by atoms with Crippen molar-refractivity contribution in [2.24, 2.45) is 0 Å². The molecule has 35 heavy (non-hydrogen) atoms. The van der Waals surface area contributed by atoms with Gasteiger partial charge in [0.2, 0.25) is 11.4 Å². The number of carbonyl (C=O) groups excluding carboxylic acids is 3. The number of hydrogen-bond acceptors (Lipinski definition) is 10. The van der Waals surface area contributed by atoms with Gasteiger partial charge in [-0.15, -0.1) is 0 Å². The Kier molecular flexibility index (Phi) is 8.84. The molecule has 1 saturated heterocycles. The Morgan fingerprint density at radius 3 is 2.29 bits per heavy atom. The maximum Gasteiger partial charge on any atom is 0.337 e. The number of β-lactam (4-membered cyclic amide) rings is 1. The van der Waals surface area contributed by atoms with Crippen LogP contribution in [0.2, 0.25) is 0 Å². The topological polar surface area (TPSA) is 184 Å². The summed E-state index contributed by atoms with van der Waals surface area (Å²) in [6, 6.07) is 6.92. The van der Waals surface area contributed by atoms with Gasteiger partial charge in [0.25, 0.3) is 5.91 Å². The molecule has 5 N–H and O–H groups in total. The van der Waals surface area contributed by atoms with E-state index >= 15 is 0 Å². The number of rotatable bonds is 13. The van der Waals surface area contributed by atoms with Crippen molar-refractivity contribution in [3.63, 3.8) is 0 Å². The molecule has 0 aromatic heterocycles. The Morgan fingerprint density at radius 1 is 1.20 bits per heavy atom. The molecule has 2 atom stereocenters. The molecule has 0 spiro atoms. The number of aliphatic carboxylic acids is 2. The number of hydrogen-bond donors (Lipinski definition) is 6. The third-order valence-corrected chi connectivity index (χ3v) is 5.79. The molecule has 0 unspecified atom stereocenters. The van der Waals surface area contributed by atoms with Crippen molar-refractivity contribution in [2.75, 3.05) is 20.3 Å². The number of ether oxygens (including phenoxy) is 2. The van der Waals surface area contributed by atoms with Gasteiger partial charge in [-0.1, -0.05) is 43.2 Å². The number of para-hydroxylation sites is 1. The van der Waals surface area contributed by atoms with E-state index in [0.29, 0.717) is 5.75 Å². The zero-order valence-electron chi connectivity index (χ0n) is 18.9. The predicted molar refractivity (Wildman–Crippen MR) is 123 cm³/mol. The van der Waals surface area contributed by atoms with Gasteiger partial charge >= 0.3 is 17.9 Å². The number of carboxylic acid groups (broad SMARTS) is 2. The molecule has 2 rings (SSSR count). The summed E-state index contributed by atoms with van der Waals surface area (Å²) in [5.74, 6) is -5.61. The number of benzene rings is 1. The van der Waals surface area contributed by atoms with Gasteiger partial charge in [0.15, 0.2) is 6.61 Å². The summed E-state index contributed by atoms with van der Waals surface area (Å²) in [5, 5.41) is 22.0. The van der Waals surface area contributed by atoms with Gasteiger partial charge in [-0.2, -0.15) is 0 Å². The van der Waals surface area contributed by atoms with E-state index in [-0.39, 0.29) is 5.57 Å². The van der Waals surface area contributed by atoms with Crippen LogP contribution in [0.5, 0.6) is 5.75 Å². The number of carbonyl (C=O) groups is 5. The number of carboxylic acids is 2. The summed E-state index contributed by atoms with van der Waals surface area (Å²) in [6.07, 6.45) is -0.833. The zero-order chi connectivity index (χ0) is 26.4. The summed E-state index contributed by atoms with van der Waals surface area (Å²) < 4.78 is 9.98. The highest BCUT2D eigenvalue weighted by molar-refractivity contribution is 7.78. The van der Waals surface area contributed by atoms with Crippen molar-refractivity contribution in [3.05, 3.63) is 42.5 Å². The predicted octanol–water partition coefficient (Wildman–Crippen LogP) is -0.883. The van der Waals surface area contributed by atoms with Crippen LogP contribution in [0.1, 0.15) is 13.3 Å². The lowest BCUT2D eigenvalue weighted by Crippen LogP contribution is -2.83. The van der Waals surface area contributed by atoms with Gasteiger partial charge in [-0.3, -0.25) is 14.4 Å². The van der Waals surface area contributed by atoms with Crippen LogP contribution in [0.3, 0.4) is 0 Å². The Bertz CT molecular complexity index is 1010. The second-order valence-corrected chi connectivity index (χ2v) is 7.96. The molecule has 1 fully saturated rings. The number of hydrazine groups is 1. The molecule has 1 aromatic carbocycles. The van der Waals surface area contributed by atoms with E-state index in [1.807, 2.05) is 4.83 Å². The molecule has 2 amide bonds. The molecule has 1 aliphatic rings. The SMILES string of the molecule is C=C(C)[C@]1(CC(NNS)(C(=O)O)C(=O)O)[C@@H](NC(=O)COc2ccccc2)C(=O)N1CC(=O)OC. The molecule has 13 nitrogen and oxygen atoms in total. The van der Waals surface area contributed by atoms with Crippen molar-refractivity contribution in [3.8, 4) is 5.75 Å². The number of amides is 2. The van der Waals surface area contributed by atoms with Crippen LogP contribution in [-0.2, 0) is 28.7 Å². The van der Waals surface area contributed by atoms with Crippen LogP contribution in [0.25, 0.3) is 0 Å². The third kappa shape index (κ3) is 5.39. The number of methoxy groups -OCH3 is 1. The summed E-state index contributed by atoms with van der Waals surface area (Å²) in [7, 11) is 1.08. The summed E-state index contributed by atoms with van der Waals surface area (Å²) in [6.45, 7) is 4.09. The fraction of sp³-hybridized carbons (Fsp3) is 0.381. The Labute approximate surface area is 206 Å². The number of nitrogens with zero attached hydrogens (tertiary/aromatic N) is 1. The Balaban J connectivity index is 2.44. The van der Waals surface area contributed by atoms with Crippen molar-refractivity contribution < 1.29 is 43.7 Å². The number of nitrogens with one attached hydrogen (secondary N) is 3. The van der Waals surface area contributed by atoms with E-state index in [4.69, 9.17) is 4.74 Å². The standard InChI is InChI=1S/C21H26N4O9S/c1-12(2)21(11-20(18(29)30,19(31)32)23-24-35)16(17(28)25(21)9-15(27)33-3)22-14(26)10-34-13-7-5-4-6-8-13/h4-8,16,23-24,35H,1,9-11H2,2-3H3,(H,22,26)(H,29,30)(H,31,32)/t16-,21+/m0/s1. The first-order valence-electron chi connectivity index (χ1n) is 10.1. The maximum atomic E-state index is 13.0. The monoisotopic (exact) mass is 510 g/mol. The quantitative estimate of drug-likeness (QED) is 0.0484. The highest BCUT2D eigenvalue weighted by Gasteiger charge is 2.67. The normalized spacial score (nSPS) is 19.3. The van der Waals surface area contributed by atoms with Gasteiger partial charge < -0.3 is 29.9 Å². The molecule has 190 valence electrons. The molecule has 0 radical (unpaired) electrons. The maximum absolute atomic E-state index is 13.0. The van der Waals surface area contributed by atoms with Crippen molar-refractivity contribution in [1.29, 1.82) is 0 Å². The van der Waals surface area contributed by atoms with Crippen LogP contribution in [0, 0.1) is 0 Å². The lowest BCUT2D eigenvalue weighted by atomic mass is 9.66. The largest absolute Gasteiger partial charge is 0.484 e. The van der Waals surface area contributed by atoms with Crippen LogP contribution < -0.4 is 20.3 Å². The van der Waals surface area contributed by atoms with Crippen LogP contribution in [-0.4, -0.2) is 82.2 Å². The fourth-order valence-electron chi connectivity index (χ4n) is 3.83. The van der Waals surface area contributed by atoms with Gasteiger partial charge in [-0.05, 0) is 19.1 Å². The smallest absolute Gasteiger partial charge is 0.337 e. The highest BCUT2D eigenvalue weighted by Crippen LogP contribution is 2.44. The average Bonchev–Trinajstić information content (AvgIpc) is 2.82. The summed E-state index contributed by atoms with van der Waals surface area (Å²) in [4.78, 5) is 64.7. The molecule has 1 aromatic rings. The minimum Gasteiger partial charge on any atom is -0.484 e. The van der Waals surface area contributed by atoms with E-state index in [1.54, 1.807) is 30.3 Å². The average molecular weight is 511 g/mol. The molecule has 1 heterocycles.